The van der Waals surface area contributed by atoms with E-state index in [1.165, 1.54) is 0 Å². The highest BCUT2D eigenvalue weighted by molar-refractivity contribution is 9.11. The van der Waals surface area contributed by atoms with Crippen molar-refractivity contribution in [1.82, 2.24) is 4.90 Å². The predicted octanol–water partition coefficient (Wildman–Crippen LogP) is 3.31. The molecular weight excluding hydrogens is 412 g/mol. The lowest BCUT2D eigenvalue weighted by Gasteiger charge is -2.28. The van der Waals surface area contributed by atoms with E-state index in [1.807, 2.05) is 29.2 Å². The van der Waals surface area contributed by atoms with Gasteiger partial charge in [-0.1, -0.05) is 34.1 Å². The average Bonchev–Trinajstić information content (AvgIpc) is 2.89. The third kappa shape index (κ3) is 3.13. The molecule has 1 aromatic carbocycles. The van der Waals surface area contributed by atoms with Gasteiger partial charge in [0.2, 0.25) is 11.8 Å². The van der Waals surface area contributed by atoms with E-state index >= 15 is 0 Å². The van der Waals surface area contributed by atoms with Crippen molar-refractivity contribution in [3.05, 3.63) is 39.3 Å². The number of halogens is 2. The van der Waals surface area contributed by atoms with E-state index in [9.17, 15) is 9.59 Å². The average molecular weight is 428 g/mol. The number of hydrogen-bond donors (Lipinski definition) is 0. The quantitative estimate of drug-likeness (QED) is 0.726. The molecule has 0 aliphatic carbocycles. The van der Waals surface area contributed by atoms with Crippen LogP contribution in [0.5, 0.6) is 0 Å². The second kappa shape index (κ2) is 6.54. The minimum absolute atomic E-state index is 0.0110. The number of rotatable bonds is 2. The van der Waals surface area contributed by atoms with Crippen LogP contribution in [0.2, 0.25) is 0 Å². The third-order valence-corrected chi connectivity index (χ3v) is 5.28. The van der Waals surface area contributed by atoms with Gasteiger partial charge in [-0.15, -0.1) is 0 Å². The maximum atomic E-state index is 12.6. The minimum atomic E-state index is -0.252. The first-order valence-corrected chi connectivity index (χ1v) is 8.83. The van der Waals surface area contributed by atoms with E-state index in [4.69, 9.17) is 0 Å². The van der Waals surface area contributed by atoms with Crippen LogP contribution >= 0.6 is 31.9 Å². The lowest BCUT2D eigenvalue weighted by molar-refractivity contribution is -0.135. The molecule has 2 aliphatic rings. The Kier molecular flexibility index (Phi) is 4.68. The molecule has 1 fully saturated rings. The van der Waals surface area contributed by atoms with E-state index in [1.54, 1.807) is 4.90 Å². The van der Waals surface area contributed by atoms with E-state index in [-0.39, 0.29) is 24.2 Å². The summed E-state index contributed by atoms with van der Waals surface area (Å²) in [6.45, 7) is 1.80. The van der Waals surface area contributed by atoms with Crippen LogP contribution in [0.25, 0.3) is 0 Å². The van der Waals surface area contributed by atoms with Gasteiger partial charge in [-0.05, 0) is 34.5 Å². The highest BCUT2D eigenvalue weighted by Gasteiger charge is 2.38. The molecule has 0 bridgehead atoms. The first-order valence-electron chi connectivity index (χ1n) is 7.24. The van der Waals surface area contributed by atoms with Crippen molar-refractivity contribution in [2.75, 3.05) is 24.5 Å². The number of hydrogen-bond acceptors (Lipinski definition) is 2. The Morgan fingerprint density at radius 1 is 1.23 bits per heavy atom. The fourth-order valence-corrected chi connectivity index (χ4v) is 3.96. The van der Waals surface area contributed by atoms with Gasteiger partial charge in [-0.3, -0.25) is 9.59 Å². The van der Waals surface area contributed by atoms with Gasteiger partial charge in [0.25, 0.3) is 0 Å². The summed E-state index contributed by atoms with van der Waals surface area (Å²) in [5.74, 6) is -0.164. The lowest BCUT2D eigenvalue weighted by Crippen LogP contribution is -2.40. The van der Waals surface area contributed by atoms with Crippen molar-refractivity contribution in [3.8, 4) is 0 Å². The number of benzene rings is 1. The van der Waals surface area contributed by atoms with Gasteiger partial charge in [0.15, 0.2) is 0 Å². The van der Waals surface area contributed by atoms with Gasteiger partial charge in [-0.25, -0.2) is 0 Å². The van der Waals surface area contributed by atoms with Crippen LogP contribution in [0, 0.1) is 5.92 Å². The summed E-state index contributed by atoms with van der Waals surface area (Å²) in [5, 5.41) is 0. The molecule has 2 aliphatic heterocycles. The summed E-state index contributed by atoms with van der Waals surface area (Å²) < 4.78 is 1.92. The van der Waals surface area contributed by atoms with Crippen molar-refractivity contribution >= 4 is 49.4 Å². The largest absolute Gasteiger partial charge is 0.337 e. The Morgan fingerprint density at radius 3 is 2.73 bits per heavy atom. The topological polar surface area (TPSA) is 40.6 Å². The summed E-state index contributed by atoms with van der Waals surface area (Å²) in [4.78, 5) is 28.5. The highest BCUT2D eigenvalue weighted by atomic mass is 79.9. The number of nitrogens with zero attached hydrogens (tertiary/aromatic N) is 2. The third-order valence-electron chi connectivity index (χ3n) is 4.04. The Labute approximate surface area is 146 Å². The fraction of sp³-hybridized carbons (Fsp3) is 0.375. The van der Waals surface area contributed by atoms with Gasteiger partial charge >= 0.3 is 0 Å². The smallest absolute Gasteiger partial charge is 0.228 e. The molecule has 0 aromatic heterocycles. The number of carbonyl (C=O) groups is 2. The summed E-state index contributed by atoms with van der Waals surface area (Å²) in [7, 11) is 0. The van der Waals surface area contributed by atoms with E-state index in [2.05, 4.69) is 37.9 Å². The zero-order chi connectivity index (χ0) is 15.7. The second-order valence-corrected chi connectivity index (χ2v) is 7.43. The Hall–Kier alpha value is -1.14. The summed E-state index contributed by atoms with van der Waals surface area (Å²) in [5.41, 5.74) is 0.836. The minimum Gasteiger partial charge on any atom is -0.337 e. The normalized spacial score (nSPS) is 22.0. The molecule has 0 unspecified atom stereocenters. The standard InChI is InChI=1S/C16H16Br2N2O2/c17-12-4-3-7-19(10-12)16(22)11-8-15(21)20(9-11)14-6-2-1-5-13(14)18/h1-2,4-6,11H,3,7-10H2/t11-/m1/s1. The van der Waals surface area contributed by atoms with Crippen molar-refractivity contribution in [3.63, 3.8) is 0 Å². The van der Waals surface area contributed by atoms with Crippen molar-refractivity contribution in [2.45, 2.75) is 12.8 Å². The Bertz CT molecular complexity index is 645. The predicted molar refractivity (Wildman–Crippen MR) is 92.8 cm³/mol. The number of carbonyl (C=O) groups excluding carboxylic acids is 2. The van der Waals surface area contributed by atoms with Crippen molar-refractivity contribution in [2.24, 2.45) is 5.92 Å². The number of anilines is 1. The van der Waals surface area contributed by atoms with Gasteiger partial charge in [0.1, 0.15) is 0 Å². The molecular formula is C16H16Br2N2O2. The molecule has 1 saturated heterocycles. The summed E-state index contributed by atoms with van der Waals surface area (Å²) in [6, 6.07) is 7.61. The number of amides is 2. The van der Waals surface area contributed by atoms with Crippen LogP contribution in [0.4, 0.5) is 5.69 Å². The Morgan fingerprint density at radius 2 is 2.00 bits per heavy atom. The van der Waals surface area contributed by atoms with Gasteiger partial charge in [0.05, 0.1) is 18.2 Å². The van der Waals surface area contributed by atoms with Crippen LogP contribution in [0.1, 0.15) is 12.8 Å². The van der Waals surface area contributed by atoms with E-state index in [0.29, 0.717) is 13.1 Å². The molecule has 22 heavy (non-hydrogen) atoms. The molecule has 4 nitrogen and oxygen atoms in total. The zero-order valence-corrected chi connectivity index (χ0v) is 15.1. The van der Waals surface area contributed by atoms with Crippen LogP contribution < -0.4 is 4.90 Å². The SMILES string of the molecule is O=C([C@@H]1CC(=O)N(c2ccccc2Br)C1)N1CCC=C(Br)C1. The second-order valence-electron chi connectivity index (χ2n) is 5.56. The van der Waals surface area contributed by atoms with E-state index < -0.39 is 0 Å². The zero-order valence-electron chi connectivity index (χ0n) is 12.0. The molecule has 0 spiro atoms. The van der Waals surface area contributed by atoms with Gasteiger partial charge < -0.3 is 9.80 Å². The highest BCUT2D eigenvalue weighted by Crippen LogP contribution is 2.32. The molecule has 116 valence electrons. The van der Waals surface area contributed by atoms with Gasteiger partial charge in [-0.2, -0.15) is 0 Å². The first-order chi connectivity index (χ1) is 10.6. The molecule has 1 atom stereocenters. The lowest BCUT2D eigenvalue weighted by atomic mass is 10.1. The number of para-hydroxylation sites is 1. The molecule has 1 aromatic rings. The fourth-order valence-electron chi connectivity index (χ4n) is 2.93. The molecule has 0 N–H and O–H groups in total. The maximum absolute atomic E-state index is 12.6. The van der Waals surface area contributed by atoms with Crippen molar-refractivity contribution < 1.29 is 9.59 Å². The Balaban J connectivity index is 1.73. The van der Waals surface area contributed by atoms with Crippen LogP contribution in [0.15, 0.2) is 39.3 Å². The maximum Gasteiger partial charge on any atom is 0.228 e. The molecule has 3 rings (SSSR count). The molecule has 0 radical (unpaired) electrons. The molecule has 0 saturated carbocycles. The first kappa shape index (κ1) is 15.7. The van der Waals surface area contributed by atoms with E-state index in [0.717, 1.165) is 27.6 Å². The summed E-state index contributed by atoms with van der Waals surface area (Å²) >= 11 is 6.93. The van der Waals surface area contributed by atoms with Crippen LogP contribution in [-0.2, 0) is 9.59 Å². The van der Waals surface area contributed by atoms with Crippen LogP contribution in [-0.4, -0.2) is 36.3 Å². The van der Waals surface area contributed by atoms with Crippen LogP contribution in [0.3, 0.4) is 0 Å². The molecule has 6 heteroatoms. The molecule has 2 heterocycles. The summed E-state index contributed by atoms with van der Waals surface area (Å²) in [6.07, 6.45) is 3.25. The van der Waals surface area contributed by atoms with Crippen molar-refractivity contribution in [1.29, 1.82) is 0 Å². The van der Waals surface area contributed by atoms with Gasteiger partial charge in [0, 0.05) is 28.5 Å². The molecule has 2 amide bonds. The monoisotopic (exact) mass is 426 g/mol.